The molecule has 2 N–H and O–H groups in total. The normalized spacial score (nSPS) is 15.9. The lowest BCUT2D eigenvalue weighted by Gasteiger charge is -2.33. The fourth-order valence-electron chi connectivity index (χ4n) is 3.26. The zero-order valence-corrected chi connectivity index (χ0v) is 13.7. The van der Waals surface area contributed by atoms with Crippen LogP contribution in [0.3, 0.4) is 0 Å². The standard InChI is InChI=1S/C16H16F2N6O2/c17-13(18)9-1-4-23(5-2-9)12-7-11(22-24-6-3-19-14(12)24)10-8-20-16(26)21-15(10)25/h3,6-9,13H,1-2,4-5H2,(H2,20,21,25,26). The van der Waals surface area contributed by atoms with E-state index in [0.717, 1.165) is 5.69 Å². The molecular weight excluding hydrogens is 346 g/mol. The highest BCUT2D eigenvalue weighted by Gasteiger charge is 2.27. The monoisotopic (exact) mass is 362 g/mol. The molecule has 1 aliphatic heterocycles. The van der Waals surface area contributed by atoms with Crippen molar-refractivity contribution in [3.05, 3.63) is 45.5 Å². The van der Waals surface area contributed by atoms with Crippen LogP contribution in [0.2, 0.25) is 0 Å². The van der Waals surface area contributed by atoms with Crippen molar-refractivity contribution in [2.24, 2.45) is 5.92 Å². The van der Waals surface area contributed by atoms with Crippen LogP contribution in [0.25, 0.3) is 16.9 Å². The van der Waals surface area contributed by atoms with Gasteiger partial charge in [-0.05, 0) is 18.9 Å². The molecule has 1 fully saturated rings. The van der Waals surface area contributed by atoms with E-state index in [-0.39, 0.29) is 5.56 Å². The molecule has 26 heavy (non-hydrogen) atoms. The Labute approximate surface area is 145 Å². The second kappa shape index (κ2) is 6.36. The molecule has 0 unspecified atom stereocenters. The van der Waals surface area contributed by atoms with Gasteiger partial charge in [-0.2, -0.15) is 5.10 Å². The number of alkyl halides is 2. The van der Waals surface area contributed by atoms with Crippen LogP contribution in [0.5, 0.6) is 0 Å². The maximum absolute atomic E-state index is 12.9. The first kappa shape index (κ1) is 16.4. The maximum atomic E-state index is 12.9. The predicted molar refractivity (Wildman–Crippen MR) is 90.6 cm³/mol. The van der Waals surface area contributed by atoms with Crippen molar-refractivity contribution in [2.45, 2.75) is 19.3 Å². The minimum absolute atomic E-state index is 0.212. The number of hydrogen-bond donors (Lipinski definition) is 2. The Morgan fingerprint density at radius 2 is 2.00 bits per heavy atom. The Kier molecular flexibility index (Phi) is 4.02. The summed E-state index contributed by atoms with van der Waals surface area (Å²) in [5.74, 6) is -0.592. The van der Waals surface area contributed by atoms with Crippen LogP contribution in [0, 0.1) is 5.92 Å². The molecule has 0 atom stereocenters. The molecule has 3 aromatic heterocycles. The number of H-pyrrole nitrogens is 2. The van der Waals surface area contributed by atoms with Crippen molar-refractivity contribution in [3.8, 4) is 11.3 Å². The lowest BCUT2D eigenvalue weighted by molar-refractivity contribution is 0.0636. The summed E-state index contributed by atoms with van der Waals surface area (Å²) >= 11 is 0. The van der Waals surface area contributed by atoms with Gasteiger partial charge in [0.15, 0.2) is 5.65 Å². The van der Waals surface area contributed by atoms with Crippen LogP contribution in [0.4, 0.5) is 14.5 Å². The van der Waals surface area contributed by atoms with E-state index >= 15 is 0 Å². The Morgan fingerprint density at radius 1 is 1.23 bits per heavy atom. The van der Waals surface area contributed by atoms with E-state index in [2.05, 4.69) is 20.1 Å². The molecule has 4 heterocycles. The number of fused-ring (bicyclic) bond motifs is 1. The Balaban J connectivity index is 1.76. The molecule has 4 rings (SSSR count). The fourth-order valence-corrected chi connectivity index (χ4v) is 3.26. The number of rotatable bonds is 3. The van der Waals surface area contributed by atoms with Gasteiger partial charge in [0, 0.05) is 37.6 Å². The van der Waals surface area contributed by atoms with Gasteiger partial charge in [0.1, 0.15) is 5.69 Å². The highest BCUT2D eigenvalue weighted by molar-refractivity contribution is 5.74. The number of aromatic amines is 2. The number of imidazole rings is 1. The van der Waals surface area contributed by atoms with Gasteiger partial charge >= 0.3 is 5.69 Å². The molecule has 10 heteroatoms. The number of hydrogen-bond acceptors (Lipinski definition) is 5. The van der Waals surface area contributed by atoms with Crippen molar-refractivity contribution in [1.29, 1.82) is 0 Å². The largest absolute Gasteiger partial charge is 0.368 e. The predicted octanol–water partition coefficient (Wildman–Crippen LogP) is 1.25. The van der Waals surface area contributed by atoms with Gasteiger partial charge in [0.2, 0.25) is 6.43 Å². The summed E-state index contributed by atoms with van der Waals surface area (Å²) < 4.78 is 27.3. The van der Waals surface area contributed by atoms with Gasteiger partial charge in [-0.25, -0.2) is 23.1 Å². The number of piperidine rings is 1. The van der Waals surface area contributed by atoms with Crippen LogP contribution in [0.1, 0.15) is 12.8 Å². The van der Waals surface area contributed by atoms with Crippen LogP contribution in [0.15, 0.2) is 34.2 Å². The number of nitrogens with zero attached hydrogens (tertiary/aromatic N) is 4. The summed E-state index contributed by atoms with van der Waals surface area (Å²) in [4.78, 5) is 34.2. The summed E-state index contributed by atoms with van der Waals surface area (Å²) in [6.07, 6.45) is 3.01. The second-order valence-electron chi connectivity index (χ2n) is 6.25. The zero-order chi connectivity index (χ0) is 18.3. The van der Waals surface area contributed by atoms with Crippen LogP contribution in [-0.4, -0.2) is 44.1 Å². The molecule has 0 aliphatic carbocycles. The molecule has 0 aromatic carbocycles. The number of nitrogens with one attached hydrogen (secondary N) is 2. The topological polar surface area (TPSA) is 99.2 Å². The number of aromatic nitrogens is 5. The molecule has 0 amide bonds. The van der Waals surface area contributed by atoms with E-state index in [1.54, 1.807) is 18.5 Å². The quantitative estimate of drug-likeness (QED) is 0.731. The molecule has 136 valence electrons. The van der Waals surface area contributed by atoms with E-state index < -0.39 is 23.6 Å². The van der Waals surface area contributed by atoms with Crippen LogP contribution in [-0.2, 0) is 0 Å². The van der Waals surface area contributed by atoms with Gasteiger partial charge in [0.25, 0.3) is 5.56 Å². The van der Waals surface area contributed by atoms with Crippen molar-refractivity contribution in [3.63, 3.8) is 0 Å². The number of anilines is 1. The van der Waals surface area contributed by atoms with Gasteiger partial charge in [0.05, 0.1) is 11.3 Å². The smallest absolute Gasteiger partial charge is 0.325 e. The Morgan fingerprint density at radius 3 is 2.69 bits per heavy atom. The molecule has 0 saturated carbocycles. The average Bonchev–Trinajstić information content (AvgIpc) is 3.09. The van der Waals surface area contributed by atoms with Gasteiger partial charge in [-0.3, -0.25) is 9.78 Å². The molecule has 3 aromatic rings. The van der Waals surface area contributed by atoms with Gasteiger partial charge < -0.3 is 9.88 Å². The van der Waals surface area contributed by atoms with Gasteiger partial charge in [-0.1, -0.05) is 0 Å². The summed E-state index contributed by atoms with van der Waals surface area (Å²) in [5.41, 5.74) is 0.728. The molecule has 0 spiro atoms. The third kappa shape index (κ3) is 2.87. The summed E-state index contributed by atoms with van der Waals surface area (Å²) in [6, 6.07) is 1.70. The lowest BCUT2D eigenvalue weighted by Crippen LogP contribution is -2.36. The number of halogens is 2. The summed E-state index contributed by atoms with van der Waals surface area (Å²) in [5, 5.41) is 4.36. The van der Waals surface area contributed by atoms with Crippen LogP contribution < -0.4 is 16.1 Å². The van der Waals surface area contributed by atoms with Crippen molar-refractivity contribution in [2.75, 3.05) is 18.0 Å². The first-order valence-electron chi connectivity index (χ1n) is 8.23. The van der Waals surface area contributed by atoms with Gasteiger partial charge in [-0.15, -0.1) is 0 Å². The molecule has 0 radical (unpaired) electrons. The summed E-state index contributed by atoms with van der Waals surface area (Å²) in [7, 11) is 0. The third-order valence-corrected chi connectivity index (χ3v) is 4.67. The third-order valence-electron chi connectivity index (χ3n) is 4.67. The highest BCUT2D eigenvalue weighted by Crippen LogP contribution is 2.30. The van der Waals surface area contributed by atoms with E-state index in [9.17, 15) is 18.4 Å². The molecule has 8 nitrogen and oxygen atoms in total. The van der Waals surface area contributed by atoms with E-state index in [0.29, 0.717) is 37.3 Å². The first-order chi connectivity index (χ1) is 12.5. The average molecular weight is 362 g/mol. The fraction of sp³-hybridized carbons (Fsp3) is 0.375. The summed E-state index contributed by atoms with van der Waals surface area (Å²) in [6.45, 7) is 0.950. The molecule has 0 bridgehead atoms. The molecule has 1 saturated heterocycles. The minimum atomic E-state index is -2.31. The second-order valence-corrected chi connectivity index (χ2v) is 6.25. The van der Waals surface area contributed by atoms with Crippen molar-refractivity contribution in [1.82, 2.24) is 24.6 Å². The van der Waals surface area contributed by atoms with E-state index in [1.165, 1.54) is 10.7 Å². The SMILES string of the molecule is O=c1[nH]cc(-c2cc(N3CCC(C(F)F)CC3)c3nccn3n2)c(=O)[nH]1. The van der Waals surface area contributed by atoms with E-state index in [4.69, 9.17) is 0 Å². The van der Waals surface area contributed by atoms with Crippen molar-refractivity contribution < 1.29 is 8.78 Å². The zero-order valence-electron chi connectivity index (χ0n) is 13.7. The first-order valence-corrected chi connectivity index (χ1v) is 8.23. The molecular formula is C16H16F2N6O2. The highest BCUT2D eigenvalue weighted by atomic mass is 19.3. The van der Waals surface area contributed by atoms with Crippen LogP contribution >= 0.6 is 0 Å². The Hall–Kier alpha value is -3.04. The lowest BCUT2D eigenvalue weighted by atomic mass is 9.97. The maximum Gasteiger partial charge on any atom is 0.325 e. The van der Waals surface area contributed by atoms with Crippen molar-refractivity contribution >= 4 is 11.3 Å². The molecule has 1 aliphatic rings. The van der Waals surface area contributed by atoms with E-state index in [1.807, 2.05) is 4.90 Å². The minimum Gasteiger partial charge on any atom is -0.368 e. The Bertz CT molecular complexity index is 1050.